The Balaban J connectivity index is 1.79. The van der Waals surface area contributed by atoms with Gasteiger partial charge in [-0.15, -0.1) is 0 Å². The quantitative estimate of drug-likeness (QED) is 0.872. The first-order valence-corrected chi connectivity index (χ1v) is 7.38. The number of halogens is 1. The number of nitrogens with zero attached hydrogens (tertiary/aromatic N) is 3. The Morgan fingerprint density at radius 3 is 2.95 bits per heavy atom. The lowest BCUT2D eigenvalue weighted by atomic mass is 10.1. The van der Waals surface area contributed by atoms with Gasteiger partial charge in [0.1, 0.15) is 6.04 Å². The van der Waals surface area contributed by atoms with Crippen LogP contribution in [0.3, 0.4) is 0 Å². The minimum absolute atomic E-state index is 0.0000265. The van der Waals surface area contributed by atoms with Crippen LogP contribution in [0.15, 0.2) is 22.7 Å². The van der Waals surface area contributed by atoms with E-state index in [0.717, 1.165) is 23.7 Å². The molecule has 2 aromatic rings. The molecule has 1 aliphatic rings. The molecule has 5 nitrogen and oxygen atoms in total. The molecule has 1 aromatic carbocycles. The van der Waals surface area contributed by atoms with Crippen molar-refractivity contribution in [3.8, 4) is 0 Å². The number of hydrogen-bond acceptors (Lipinski definition) is 5. The third kappa shape index (κ3) is 3.26. The molecular weight excluding hydrogens is 290 g/mol. The Hall–Kier alpha value is -1.43. The van der Waals surface area contributed by atoms with Gasteiger partial charge >= 0.3 is 0 Å². The van der Waals surface area contributed by atoms with Crippen molar-refractivity contribution in [3.63, 3.8) is 0 Å². The van der Waals surface area contributed by atoms with Gasteiger partial charge in [-0.1, -0.05) is 28.9 Å². The fourth-order valence-electron chi connectivity index (χ4n) is 2.47. The van der Waals surface area contributed by atoms with E-state index < -0.39 is 0 Å². The van der Waals surface area contributed by atoms with E-state index in [1.165, 1.54) is 5.56 Å². The number of benzene rings is 1. The highest BCUT2D eigenvalue weighted by molar-refractivity contribution is 6.31. The molecule has 0 radical (unpaired) electrons. The zero-order valence-electron chi connectivity index (χ0n) is 12.2. The average molecular weight is 308 g/mol. The first kappa shape index (κ1) is 14.5. The van der Waals surface area contributed by atoms with Gasteiger partial charge < -0.3 is 9.26 Å². The first-order chi connectivity index (χ1) is 10.1. The average Bonchev–Trinajstić information content (AvgIpc) is 2.90. The fourth-order valence-corrected chi connectivity index (χ4v) is 2.68. The standard InChI is InChI=1S/C15H18ClN3O2/c1-10-3-4-12(7-13(10)16)8-19-5-6-20-9-14(19)15-17-11(2)18-21-15/h3-4,7,14H,5-6,8-9H2,1-2H3. The summed E-state index contributed by atoms with van der Waals surface area (Å²) in [6.07, 6.45) is 0. The van der Waals surface area contributed by atoms with Crippen LogP contribution in [0.4, 0.5) is 0 Å². The van der Waals surface area contributed by atoms with Crippen molar-refractivity contribution in [1.82, 2.24) is 15.0 Å². The van der Waals surface area contributed by atoms with Gasteiger partial charge in [0, 0.05) is 18.1 Å². The van der Waals surface area contributed by atoms with E-state index in [4.69, 9.17) is 20.9 Å². The molecular formula is C15H18ClN3O2. The summed E-state index contributed by atoms with van der Waals surface area (Å²) >= 11 is 6.20. The Labute approximate surface area is 128 Å². The second kappa shape index (κ2) is 6.13. The van der Waals surface area contributed by atoms with Crippen LogP contribution in [0, 0.1) is 13.8 Å². The number of aromatic nitrogens is 2. The molecule has 1 saturated heterocycles. The highest BCUT2D eigenvalue weighted by atomic mass is 35.5. The van der Waals surface area contributed by atoms with E-state index >= 15 is 0 Å². The van der Waals surface area contributed by atoms with Crippen LogP contribution in [0.2, 0.25) is 5.02 Å². The maximum atomic E-state index is 6.20. The SMILES string of the molecule is Cc1noc(C2COCCN2Cc2ccc(C)c(Cl)c2)n1. The topological polar surface area (TPSA) is 51.4 Å². The van der Waals surface area contributed by atoms with E-state index in [-0.39, 0.29) is 6.04 Å². The minimum Gasteiger partial charge on any atom is -0.378 e. The lowest BCUT2D eigenvalue weighted by molar-refractivity contribution is -0.0241. The summed E-state index contributed by atoms with van der Waals surface area (Å²) in [4.78, 5) is 6.62. The first-order valence-electron chi connectivity index (χ1n) is 7.00. The van der Waals surface area contributed by atoms with Crippen LogP contribution in [0.1, 0.15) is 28.9 Å². The van der Waals surface area contributed by atoms with Crippen LogP contribution in [-0.2, 0) is 11.3 Å². The minimum atomic E-state index is 0.0000265. The molecule has 0 spiro atoms. The zero-order valence-corrected chi connectivity index (χ0v) is 12.9. The molecule has 1 aromatic heterocycles. The second-order valence-corrected chi connectivity index (χ2v) is 5.73. The van der Waals surface area contributed by atoms with Gasteiger partial charge in [-0.2, -0.15) is 4.98 Å². The van der Waals surface area contributed by atoms with Crippen molar-refractivity contribution in [2.75, 3.05) is 19.8 Å². The van der Waals surface area contributed by atoms with Gasteiger partial charge in [-0.05, 0) is 31.0 Å². The second-order valence-electron chi connectivity index (χ2n) is 5.32. The summed E-state index contributed by atoms with van der Waals surface area (Å²) in [5, 5.41) is 4.67. The molecule has 112 valence electrons. The maximum absolute atomic E-state index is 6.20. The van der Waals surface area contributed by atoms with Gasteiger partial charge in [0.15, 0.2) is 5.82 Å². The van der Waals surface area contributed by atoms with Crippen LogP contribution in [0.5, 0.6) is 0 Å². The summed E-state index contributed by atoms with van der Waals surface area (Å²) in [7, 11) is 0. The number of ether oxygens (including phenoxy) is 1. The van der Waals surface area contributed by atoms with Gasteiger partial charge in [-0.25, -0.2) is 0 Å². The van der Waals surface area contributed by atoms with E-state index in [1.807, 2.05) is 26.0 Å². The zero-order chi connectivity index (χ0) is 14.8. The number of morpholine rings is 1. The lowest BCUT2D eigenvalue weighted by Crippen LogP contribution is -2.39. The van der Waals surface area contributed by atoms with Crippen molar-refractivity contribution in [1.29, 1.82) is 0 Å². The molecule has 1 atom stereocenters. The maximum Gasteiger partial charge on any atom is 0.246 e. The summed E-state index contributed by atoms with van der Waals surface area (Å²) < 4.78 is 10.9. The van der Waals surface area contributed by atoms with E-state index in [1.54, 1.807) is 0 Å². The molecule has 0 amide bonds. The van der Waals surface area contributed by atoms with E-state index in [2.05, 4.69) is 21.1 Å². The molecule has 1 fully saturated rings. The summed E-state index contributed by atoms with van der Waals surface area (Å²) in [5.41, 5.74) is 2.26. The Kier molecular flexibility index (Phi) is 4.24. The molecule has 1 unspecified atom stereocenters. The van der Waals surface area contributed by atoms with Crippen LogP contribution in [-0.4, -0.2) is 34.8 Å². The molecule has 0 N–H and O–H groups in total. The largest absolute Gasteiger partial charge is 0.378 e. The van der Waals surface area contributed by atoms with Crippen LogP contribution in [0.25, 0.3) is 0 Å². The molecule has 0 bridgehead atoms. The van der Waals surface area contributed by atoms with Gasteiger partial charge in [-0.3, -0.25) is 4.90 Å². The predicted octanol–water partition coefficient (Wildman–Crippen LogP) is 2.91. The fraction of sp³-hybridized carbons (Fsp3) is 0.467. The normalized spacial score (nSPS) is 19.9. The Bertz CT molecular complexity index is 629. The molecule has 1 aliphatic heterocycles. The highest BCUT2D eigenvalue weighted by Crippen LogP contribution is 2.26. The van der Waals surface area contributed by atoms with Gasteiger partial charge in [0.25, 0.3) is 0 Å². The molecule has 0 aliphatic carbocycles. The van der Waals surface area contributed by atoms with Crippen molar-refractivity contribution < 1.29 is 9.26 Å². The molecule has 2 heterocycles. The lowest BCUT2D eigenvalue weighted by Gasteiger charge is -2.33. The third-order valence-corrected chi connectivity index (χ3v) is 4.10. The molecule has 21 heavy (non-hydrogen) atoms. The summed E-state index contributed by atoms with van der Waals surface area (Å²) in [6.45, 7) is 6.73. The van der Waals surface area contributed by atoms with Crippen LogP contribution < -0.4 is 0 Å². The Morgan fingerprint density at radius 2 is 2.24 bits per heavy atom. The van der Waals surface area contributed by atoms with Crippen molar-refractivity contribution in [2.45, 2.75) is 26.4 Å². The summed E-state index contributed by atoms with van der Waals surface area (Å²) in [6, 6.07) is 6.17. The van der Waals surface area contributed by atoms with Crippen molar-refractivity contribution >= 4 is 11.6 Å². The number of aryl methyl sites for hydroxylation is 2. The monoisotopic (exact) mass is 307 g/mol. The third-order valence-electron chi connectivity index (χ3n) is 3.69. The van der Waals surface area contributed by atoms with Crippen LogP contribution >= 0.6 is 11.6 Å². The summed E-state index contributed by atoms with van der Waals surface area (Å²) in [5.74, 6) is 1.26. The molecule has 3 rings (SSSR count). The van der Waals surface area contributed by atoms with Gasteiger partial charge in [0.2, 0.25) is 5.89 Å². The van der Waals surface area contributed by atoms with E-state index in [9.17, 15) is 0 Å². The smallest absolute Gasteiger partial charge is 0.246 e. The molecule has 0 saturated carbocycles. The van der Waals surface area contributed by atoms with Crippen molar-refractivity contribution in [2.24, 2.45) is 0 Å². The Morgan fingerprint density at radius 1 is 1.38 bits per heavy atom. The highest BCUT2D eigenvalue weighted by Gasteiger charge is 2.29. The van der Waals surface area contributed by atoms with E-state index in [0.29, 0.717) is 24.9 Å². The van der Waals surface area contributed by atoms with Gasteiger partial charge in [0.05, 0.1) is 13.2 Å². The predicted molar refractivity (Wildman–Crippen MR) is 79.2 cm³/mol. The van der Waals surface area contributed by atoms with Crippen molar-refractivity contribution in [3.05, 3.63) is 46.1 Å². The number of rotatable bonds is 3. The number of hydrogen-bond donors (Lipinski definition) is 0. The molecule has 6 heteroatoms.